The molecule has 1 aromatic heterocycles. The Kier molecular flexibility index (Phi) is 6.13. The summed E-state index contributed by atoms with van der Waals surface area (Å²) in [6.07, 6.45) is 0.00606. The predicted molar refractivity (Wildman–Crippen MR) is 125 cm³/mol. The van der Waals surface area contributed by atoms with Crippen LogP contribution in [0.3, 0.4) is 0 Å². The van der Waals surface area contributed by atoms with Crippen molar-refractivity contribution in [2.24, 2.45) is 0 Å². The SMILES string of the molecule is Cc1nc(NC(=O)CCNS(=O)(=O)c2ccc3ccccc3c2)sc1-c1ccccc1. The van der Waals surface area contributed by atoms with Crippen LogP contribution >= 0.6 is 11.3 Å². The summed E-state index contributed by atoms with van der Waals surface area (Å²) in [7, 11) is -3.70. The molecular weight excluding hydrogens is 430 g/mol. The first kappa shape index (κ1) is 21.2. The third-order valence-corrected chi connectivity index (χ3v) is 7.33. The van der Waals surface area contributed by atoms with Crippen LogP contribution in [-0.4, -0.2) is 25.9 Å². The van der Waals surface area contributed by atoms with Gasteiger partial charge in [0.15, 0.2) is 5.13 Å². The van der Waals surface area contributed by atoms with Crippen LogP contribution in [-0.2, 0) is 14.8 Å². The molecule has 4 aromatic rings. The lowest BCUT2D eigenvalue weighted by atomic mass is 10.1. The van der Waals surface area contributed by atoms with Gasteiger partial charge in [-0.1, -0.05) is 72.0 Å². The van der Waals surface area contributed by atoms with Crippen molar-refractivity contribution in [3.63, 3.8) is 0 Å². The Hall–Kier alpha value is -3.07. The number of hydrogen-bond donors (Lipinski definition) is 2. The zero-order chi connectivity index (χ0) is 21.8. The molecular formula is C23H21N3O3S2. The van der Waals surface area contributed by atoms with Crippen LogP contribution in [0.25, 0.3) is 21.2 Å². The molecule has 0 aliphatic heterocycles. The van der Waals surface area contributed by atoms with Crippen LogP contribution in [0, 0.1) is 6.92 Å². The minimum Gasteiger partial charge on any atom is -0.302 e. The average molecular weight is 452 g/mol. The van der Waals surface area contributed by atoms with Crippen molar-refractivity contribution in [2.45, 2.75) is 18.2 Å². The molecule has 3 aromatic carbocycles. The number of aromatic nitrogens is 1. The Balaban J connectivity index is 1.35. The summed E-state index contributed by atoms with van der Waals surface area (Å²) in [6, 6.07) is 22.3. The Morgan fingerprint density at radius 1 is 0.968 bits per heavy atom. The molecule has 1 heterocycles. The summed E-state index contributed by atoms with van der Waals surface area (Å²) in [5.41, 5.74) is 1.88. The van der Waals surface area contributed by atoms with Crippen molar-refractivity contribution < 1.29 is 13.2 Å². The number of thiazole rings is 1. The number of amides is 1. The van der Waals surface area contributed by atoms with Gasteiger partial charge in [0.25, 0.3) is 0 Å². The molecule has 31 heavy (non-hydrogen) atoms. The highest BCUT2D eigenvalue weighted by atomic mass is 32.2. The van der Waals surface area contributed by atoms with Gasteiger partial charge < -0.3 is 5.32 Å². The summed E-state index contributed by atoms with van der Waals surface area (Å²) in [4.78, 5) is 17.9. The van der Waals surface area contributed by atoms with Gasteiger partial charge >= 0.3 is 0 Å². The molecule has 1 amide bonds. The van der Waals surface area contributed by atoms with Crippen molar-refractivity contribution in [3.05, 3.63) is 78.5 Å². The van der Waals surface area contributed by atoms with E-state index in [0.717, 1.165) is 26.9 Å². The van der Waals surface area contributed by atoms with E-state index in [0.29, 0.717) is 5.13 Å². The summed E-state index contributed by atoms with van der Waals surface area (Å²) in [5.74, 6) is -0.297. The van der Waals surface area contributed by atoms with Gasteiger partial charge in [0, 0.05) is 13.0 Å². The molecule has 0 atom stereocenters. The Morgan fingerprint density at radius 3 is 2.45 bits per heavy atom. The zero-order valence-corrected chi connectivity index (χ0v) is 18.5. The third kappa shape index (κ3) is 4.99. The number of hydrogen-bond acceptors (Lipinski definition) is 5. The average Bonchev–Trinajstić information content (AvgIpc) is 3.13. The van der Waals surface area contributed by atoms with Gasteiger partial charge in [0.2, 0.25) is 15.9 Å². The van der Waals surface area contributed by atoms with E-state index in [1.807, 2.05) is 61.5 Å². The van der Waals surface area contributed by atoms with Crippen molar-refractivity contribution in [3.8, 4) is 10.4 Å². The first-order valence-electron chi connectivity index (χ1n) is 9.73. The van der Waals surface area contributed by atoms with E-state index >= 15 is 0 Å². The van der Waals surface area contributed by atoms with Gasteiger partial charge in [-0.15, -0.1) is 0 Å². The Bertz CT molecular complexity index is 1330. The van der Waals surface area contributed by atoms with Crippen LogP contribution in [0.4, 0.5) is 5.13 Å². The number of aryl methyl sites for hydroxylation is 1. The third-order valence-electron chi connectivity index (χ3n) is 4.75. The fourth-order valence-corrected chi connectivity index (χ4v) is 5.26. The molecule has 0 fully saturated rings. The van der Waals surface area contributed by atoms with Crippen LogP contribution in [0.5, 0.6) is 0 Å². The number of sulfonamides is 1. The Morgan fingerprint density at radius 2 is 1.68 bits per heavy atom. The van der Waals surface area contributed by atoms with Crippen LogP contribution < -0.4 is 10.0 Å². The first-order chi connectivity index (χ1) is 14.9. The quantitative estimate of drug-likeness (QED) is 0.431. The molecule has 0 bridgehead atoms. The van der Waals surface area contributed by atoms with E-state index in [-0.39, 0.29) is 23.8 Å². The van der Waals surface area contributed by atoms with E-state index in [2.05, 4.69) is 15.0 Å². The van der Waals surface area contributed by atoms with Gasteiger partial charge in [0.05, 0.1) is 15.5 Å². The zero-order valence-electron chi connectivity index (χ0n) is 16.8. The fraction of sp³-hybridized carbons (Fsp3) is 0.130. The molecule has 158 valence electrons. The standard InChI is InChI=1S/C23H21N3O3S2/c1-16-22(18-8-3-2-4-9-18)30-23(25-16)26-21(27)13-14-24-31(28,29)20-12-11-17-7-5-6-10-19(17)15-20/h2-12,15,24H,13-14H2,1H3,(H,25,26,27). The number of anilines is 1. The van der Waals surface area contributed by atoms with E-state index in [1.54, 1.807) is 18.2 Å². The minimum absolute atomic E-state index is 0.00308. The number of carbonyl (C=O) groups is 1. The van der Waals surface area contributed by atoms with Gasteiger partial charge in [0.1, 0.15) is 0 Å². The molecule has 0 spiro atoms. The topological polar surface area (TPSA) is 88.2 Å². The van der Waals surface area contributed by atoms with E-state index < -0.39 is 10.0 Å². The highest BCUT2D eigenvalue weighted by molar-refractivity contribution is 7.89. The monoisotopic (exact) mass is 451 g/mol. The molecule has 0 saturated carbocycles. The van der Waals surface area contributed by atoms with Gasteiger partial charge in [-0.05, 0) is 35.4 Å². The molecule has 4 rings (SSSR count). The maximum atomic E-state index is 12.6. The molecule has 2 N–H and O–H groups in total. The maximum absolute atomic E-state index is 12.6. The summed E-state index contributed by atoms with van der Waals surface area (Å²) in [5, 5.41) is 5.07. The van der Waals surface area contributed by atoms with Crippen LogP contribution in [0.1, 0.15) is 12.1 Å². The molecule has 0 saturated heterocycles. The van der Waals surface area contributed by atoms with Crippen molar-refractivity contribution in [1.29, 1.82) is 0 Å². The number of carbonyl (C=O) groups excluding carboxylic acids is 1. The second kappa shape index (κ2) is 8.97. The van der Waals surface area contributed by atoms with Crippen molar-refractivity contribution >= 4 is 43.2 Å². The summed E-state index contributed by atoms with van der Waals surface area (Å²) in [6.45, 7) is 1.89. The lowest BCUT2D eigenvalue weighted by molar-refractivity contribution is -0.116. The first-order valence-corrected chi connectivity index (χ1v) is 12.0. The van der Waals surface area contributed by atoms with Gasteiger partial charge in [-0.25, -0.2) is 18.1 Å². The molecule has 0 aliphatic rings. The molecule has 8 heteroatoms. The van der Waals surface area contributed by atoms with E-state index in [1.165, 1.54) is 11.3 Å². The number of nitrogens with zero attached hydrogens (tertiary/aromatic N) is 1. The lowest BCUT2D eigenvalue weighted by Gasteiger charge is -2.08. The number of benzene rings is 3. The maximum Gasteiger partial charge on any atom is 0.240 e. The normalized spacial score (nSPS) is 11.5. The predicted octanol–water partition coefficient (Wildman–Crippen LogP) is 4.58. The van der Waals surface area contributed by atoms with Crippen molar-refractivity contribution in [2.75, 3.05) is 11.9 Å². The Labute approximate surface area is 185 Å². The van der Waals surface area contributed by atoms with Crippen LogP contribution in [0.2, 0.25) is 0 Å². The smallest absolute Gasteiger partial charge is 0.240 e. The van der Waals surface area contributed by atoms with Crippen molar-refractivity contribution in [1.82, 2.24) is 9.71 Å². The van der Waals surface area contributed by atoms with E-state index in [4.69, 9.17) is 0 Å². The highest BCUT2D eigenvalue weighted by Gasteiger charge is 2.16. The lowest BCUT2D eigenvalue weighted by Crippen LogP contribution is -2.27. The van der Waals surface area contributed by atoms with Gasteiger partial charge in [-0.3, -0.25) is 4.79 Å². The second-order valence-electron chi connectivity index (χ2n) is 7.00. The molecule has 0 aliphatic carbocycles. The number of rotatable bonds is 7. The van der Waals surface area contributed by atoms with E-state index in [9.17, 15) is 13.2 Å². The molecule has 0 unspecified atom stereocenters. The fourth-order valence-electron chi connectivity index (χ4n) is 3.21. The highest BCUT2D eigenvalue weighted by Crippen LogP contribution is 2.32. The number of fused-ring (bicyclic) bond motifs is 1. The molecule has 6 nitrogen and oxygen atoms in total. The minimum atomic E-state index is -3.70. The van der Waals surface area contributed by atoms with Crippen LogP contribution in [0.15, 0.2) is 77.7 Å². The summed E-state index contributed by atoms with van der Waals surface area (Å²) < 4.78 is 27.6. The largest absolute Gasteiger partial charge is 0.302 e. The number of nitrogens with one attached hydrogen (secondary N) is 2. The second-order valence-corrected chi connectivity index (χ2v) is 9.77. The van der Waals surface area contributed by atoms with Gasteiger partial charge in [-0.2, -0.15) is 0 Å². The molecule has 0 radical (unpaired) electrons. The summed E-state index contributed by atoms with van der Waals surface area (Å²) >= 11 is 1.40.